The first-order chi connectivity index (χ1) is 13.1. The summed E-state index contributed by atoms with van der Waals surface area (Å²) < 4.78 is 43.2. The zero-order chi connectivity index (χ0) is 20.5. The summed E-state index contributed by atoms with van der Waals surface area (Å²) in [5.74, 6) is 0.943. The number of halogens is 3. The summed E-state index contributed by atoms with van der Waals surface area (Å²) in [6, 6.07) is 4.97. The first kappa shape index (κ1) is 20.4. The SMILES string of the molecule is CC(C)(C)C1CCc2onc(C(=O)NCCc3ccc(C(F)(F)F)cc3)c2C1. The molecule has 28 heavy (non-hydrogen) atoms. The minimum atomic E-state index is -4.34. The highest BCUT2D eigenvalue weighted by Gasteiger charge is 2.34. The Labute approximate surface area is 162 Å². The summed E-state index contributed by atoms with van der Waals surface area (Å²) in [6.45, 7) is 6.90. The van der Waals surface area contributed by atoms with Crippen LogP contribution in [0, 0.1) is 11.3 Å². The van der Waals surface area contributed by atoms with Gasteiger partial charge in [0.05, 0.1) is 5.56 Å². The number of hydrogen-bond acceptors (Lipinski definition) is 3. The highest BCUT2D eigenvalue weighted by Crippen LogP contribution is 2.38. The van der Waals surface area contributed by atoms with Crippen LogP contribution in [0.25, 0.3) is 0 Å². The van der Waals surface area contributed by atoms with Crippen LogP contribution in [0.15, 0.2) is 28.8 Å². The Morgan fingerprint density at radius 2 is 1.89 bits per heavy atom. The topological polar surface area (TPSA) is 55.1 Å². The zero-order valence-electron chi connectivity index (χ0n) is 16.3. The molecule has 0 spiro atoms. The molecule has 2 aromatic rings. The van der Waals surface area contributed by atoms with E-state index >= 15 is 0 Å². The molecule has 7 heteroatoms. The van der Waals surface area contributed by atoms with Crippen LogP contribution in [0.1, 0.15) is 60.1 Å². The van der Waals surface area contributed by atoms with E-state index in [1.165, 1.54) is 12.1 Å². The summed E-state index contributed by atoms with van der Waals surface area (Å²) in [4.78, 5) is 12.5. The van der Waals surface area contributed by atoms with Crippen molar-refractivity contribution >= 4 is 5.91 Å². The number of aromatic nitrogens is 1. The van der Waals surface area contributed by atoms with E-state index in [-0.39, 0.29) is 11.3 Å². The monoisotopic (exact) mass is 394 g/mol. The van der Waals surface area contributed by atoms with Crippen LogP contribution in [0.2, 0.25) is 0 Å². The van der Waals surface area contributed by atoms with Gasteiger partial charge in [0, 0.05) is 18.5 Å². The number of hydrogen-bond donors (Lipinski definition) is 1. The van der Waals surface area contributed by atoms with Crippen molar-refractivity contribution in [3.63, 3.8) is 0 Å². The minimum absolute atomic E-state index is 0.144. The average Bonchev–Trinajstić information content (AvgIpc) is 3.04. The quantitative estimate of drug-likeness (QED) is 0.809. The highest BCUT2D eigenvalue weighted by molar-refractivity contribution is 5.93. The van der Waals surface area contributed by atoms with Gasteiger partial charge in [-0.2, -0.15) is 13.2 Å². The third-order valence-electron chi connectivity index (χ3n) is 5.46. The summed E-state index contributed by atoms with van der Waals surface area (Å²) in [6.07, 6.45) is -1.34. The molecule has 1 aromatic carbocycles. The fourth-order valence-corrected chi connectivity index (χ4v) is 3.59. The van der Waals surface area contributed by atoms with E-state index in [0.717, 1.165) is 48.3 Å². The van der Waals surface area contributed by atoms with Gasteiger partial charge in [-0.1, -0.05) is 38.1 Å². The maximum absolute atomic E-state index is 12.6. The molecule has 152 valence electrons. The maximum Gasteiger partial charge on any atom is 0.416 e. The van der Waals surface area contributed by atoms with Gasteiger partial charge in [-0.25, -0.2) is 0 Å². The fourth-order valence-electron chi connectivity index (χ4n) is 3.59. The lowest BCUT2D eigenvalue weighted by atomic mass is 9.71. The molecule has 1 atom stereocenters. The Morgan fingerprint density at radius 1 is 1.21 bits per heavy atom. The lowest BCUT2D eigenvalue weighted by Gasteiger charge is -2.33. The second-order valence-electron chi connectivity index (χ2n) is 8.44. The molecule has 1 unspecified atom stereocenters. The largest absolute Gasteiger partial charge is 0.416 e. The van der Waals surface area contributed by atoms with Crippen LogP contribution in [0.4, 0.5) is 13.2 Å². The first-order valence-corrected chi connectivity index (χ1v) is 9.47. The fraction of sp³-hybridized carbons (Fsp3) is 0.524. The van der Waals surface area contributed by atoms with Gasteiger partial charge in [0.15, 0.2) is 5.69 Å². The molecular weight excluding hydrogens is 369 g/mol. The average molecular weight is 394 g/mol. The van der Waals surface area contributed by atoms with Crippen LogP contribution in [-0.2, 0) is 25.4 Å². The number of benzene rings is 1. The predicted octanol–water partition coefficient (Wildman–Crippen LogP) is 4.82. The van der Waals surface area contributed by atoms with E-state index in [1.807, 2.05) is 0 Å². The van der Waals surface area contributed by atoms with E-state index in [4.69, 9.17) is 4.52 Å². The molecule has 0 fully saturated rings. The number of aryl methyl sites for hydroxylation is 1. The summed E-state index contributed by atoms with van der Waals surface area (Å²) >= 11 is 0. The summed E-state index contributed by atoms with van der Waals surface area (Å²) in [7, 11) is 0. The normalized spacial score (nSPS) is 17.3. The van der Waals surface area contributed by atoms with Crippen LogP contribution >= 0.6 is 0 Å². The van der Waals surface area contributed by atoms with Gasteiger partial charge < -0.3 is 9.84 Å². The molecule has 1 aromatic heterocycles. The van der Waals surface area contributed by atoms with Crippen LogP contribution in [-0.4, -0.2) is 17.6 Å². The molecule has 4 nitrogen and oxygen atoms in total. The van der Waals surface area contributed by atoms with E-state index < -0.39 is 11.7 Å². The van der Waals surface area contributed by atoms with Gasteiger partial charge in [0.2, 0.25) is 0 Å². The third kappa shape index (κ3) is 4.56. The molecule has 0 radical (unpaired) electrons. The molecule has 0 bridgehead atoms. The number of nitrogens with zero attached hydrogens (tertiary/aromatic N) is 1. The molecule has 1 heterocycles. The van der Waals surface area contributed by atoms with E-state index in [0.29, 0.717) is 24.6 Å². The maximum atomic E-state index is 12.6. The smallest absolute Gasteiger partial charge is 0.360 e. The molecule has 0 saturated carbocycles. The van der Waals surface area contributed by atoms with Crippen molar-refractivity contribution in [1.29, 1.82) is 0 Å². The number of fused-ring (bicyclic) bond motifs is 1. The molecule has 3 rings (SSSR count). The number of carbonyl (C=O) groups is 1. The lowest BCUT2D eigenvalue weighted by Crippen LogP contribution is -2.30. The van der Waals surface area contributed by atoms with Crippen molar-refractivity contribution in [2.45, 2.75) is 52.6 Å². The van der Waals surface area contributed by atoms with E-state index in [1.54, 1.807) is 0 Å². The molecular formula is C21H25F3N2O2. The van der Waals surface area contributed by atoms with Crippen molar-refractivity contribution in [2.24, 2.45) is 11.3 Å². The van der Waals surface area contributed by atoms with Crippen LogP contribution in [0.3, 0.4) is 0 Å². The second kappa shape index (κ2) is 7.60. The Hall–Kier alpha value is -2.31. The first-order valence-electron chi connectivity index (χ1n) is 9.47. The van der Waals surface area contributed by atoms with Crippen LogP contribution < -0.4 is 5.32 Å². The lowest BCUT2D eigenvalue weighted by molar-refractivity contribution is -0.137. The molecule has 1 aliphatic rings. The molecule has 1 N–H and O–H groups in total. The molecule has 0 saturated heterocycles. The van der Waals surface area contributed by atoms with Crippen molar-refractivity contribution in [3.8, 4) is 0 Å². The zero-order valence-corrected chi connectivity index (χ0v) is 16.3. The molecule has 1 aliphatic carbocycles. The van der Waals surface area contributed by atoms with Crippen molar-refractivity contribution in [3.05, 3.63) is 52.4 Å². The van der Waals surface area contributed by atoms with Gasteiger partial charge in [0.25, 0.3) is 5.91 Å². The summed E-state index contributed by atoms with van der Waals surface area (Å²) in [5.41, 5.74) is 1.41. The van der Waals surface area contributed by atoms with Crippen molar-refractivity contribution < 1.29 is 22.5 Å². The third-order valence-corrected chi connectivity index (χ3v) is 5.46. The van der Waals surface area contributed by atoms with E-state index in [9.17, 15) is 18.0 Å². The van der Waals surface area contributed by atoms with Crippen molar-refractivity contribution in [2.75, 3.05) is 6.54 Å². The van der Waals surface area contributed by atoms with Gasteiger partial charge in [0.1, 0.15) is 5.76 Å². The van der Waals surface area contributed by atoms with Gasteiger partial charge in [-0.15, -0.1) is 0 Å². The minimum Gasteiger partial charge on any atom is -0.360 e. The van der Waals surface area contributed by atoms with Crippen molar-refractivity contribution in [1.82, 2.24) is 10.5 Å². The van der Waals surface area contributed by atoms with Gasteiger partial charge in [-0.3, -0.25) is 4.79 Å². The number of amides is 1. The van der Waals surface area contributed by atoms with Gasteiger partial charge in [-0.05, 0) is 48.3 Å². The highest BCUT2D eigenvalue weighted by atomic mass is 19.4. The molecule has 0 aliphatic heterocycles. The Kier molecular flexibility index (Phi) is 5.55. The molecule has 1 amide bonds. The predicted molar refractivity (Wildman–Crippen MR) is 99.0 cm³/mol. The number of alkyl halides is 3. The second-order valence-corrected chi connectivity index (χ2v) is 8.44. The Balaban J connectivity index is 1.59. The number of rotatable bonds is 4. The number of carbonyl (C=O) groups excluding carboxylic acids is 1. The van der Waals surface area contributed by atoms with Gasteiger partial charge >= 0.3 is 6.18 Å². The Morgan fingerprint density at radius 3 is 2.50 bits per heavy atom. The number of nitrogens with one attached hydrogen (secondary N) is 1. The van der Waals surface area contributed by atoms with E-state index in [2.05, 4.69) is 31.2 Å². The standard InChI is InChI=1S/C21H25F3N2O2/c1-20(2,3)15-8-9-17-16(12-15)18(26-28-17)19(27)25-11-10-13-4-6-14(7-5-13)21(22,23)24/h4-7,15H,8-12H2,1-3H3,(H,25,27). The Bertz CT molecular complexity index is 833. The summed E-state index contributed by atoms with van der Waals surface area (Å²) in [5, 5.41) is 6.76. The van der Waals surface area contributed by atoms with Crippen LogP contribution in [0.5, 0.6) is 0 Å².